The third-order valence-electron chi connectivity index (χ3n) is 1.90. The SMILES string of the molecule is CNCCN(CCOC)CCOC. The van der Waals surface area contributed by atoms with E-state index < -0.39 is 0 Å². The van der Waals surface area contributed by atoms with Crippen LogP contribution in [0.25, 0.3) is 0 Å². The Morgan fingerprint density at radius 1 is 1.00 bits per heavy atom. The second kappa shape index (κ2) is 9.92. The van der Waals surface area contributed by atoms with Crippen LogP contribution in [0.5, 0.6) is 0 Å². The van der Waals surface area contributed by atoms with Crippen molar-refractivity contribution >= 4 is 0 Å². The molecule has 0 bridgehead atoms. The van der Waals surface area contributed by atoms with E-state index in [0.717, 1.165) is 39.4 Å². The molecule has 0 fully saturated rings. The highest BCUT2D eigenvalue weighted by Crippen LogP contribution is 1.87. The zero-order valence-corrected chi connectivity index (χ0v) is 9.01. The molecule has 13 heavy (non-hydrogen) atoms. The fourth-order valence-electron chi connectivity index (χ4n) is 1.05. The summed E-state index contributed by atoms with van der Waals surface area (Å²) in [6.07, 6.45) is 0. The van der Waals surface area contributed by atoms with Crippen LogP contribution < -0.4 is 5.32 Å². The van der Waals surface area contributed by atoms with Crippen LogP contribution in [0.3, 0.4) is 0 Å². The summed E-state index contributed by atoms with van der Waals surface area (Å²) in [5.41, 5.74) is 0. The van der Waals surface area contributed by atoms with Crippen molar-refractivity contribution in [3.8, 4) is 0 Å². The number of methoxy groups -OCH3 is 2. The highest BCUT2D eigenvalue weighted by molar-refractivity contribution is 4.57. The summed E-state index contributed by atoms with van der Waals surface area (Å²) in [6.45, 7) is 5.57. The lowest BCUT2D eigenvalue weighted by atomic mass is 10.4. The van der Waals surface area contributed by atoms with E-state index in [1.165, 1.54) is 0 Å². The van der Waals surface area contributed by atoms with Crippen LogP contribution >= 0.6 is 0 Å². The number of nitrogens with zero attached hydrogens (tertiary/aromatic N) is 1. The maximum atomic E-state index is 5.03. The van der Waals surface area contributed by atoms with Gasteiger partial charge in [-0.05, 0) is 7.05 Å². The van der Waals surface area contributed by atoms with Gasteiger partial charge in [-0.2, -0.15) is 0 Å². The highest BCUT2D eigenvalue weighted by atomic mass is 16.5. The molecule has 0 aliphatic carbocycles. The Kier molecular flexibility index (Phi) is 9.80. The fourth-order valence-corrected chi connectivity index (χ4v) is 1.05. The Morgan fingerprint density at radius 3 is 1.92 bits per heavy atom. The maximum Gasteiger partial charge on any atom is 0.0589 e. The average Bonchev–Trinajstić information content (AvgIpc) is 2.17. The summed E-state index contributed by atoms with van der Waals surface area (Å²) in [6, 6.07) is 0. The van der Waals surface area contributed by atoms with Gasteiger partial charge in [-0.3, -0.25) is 4.90 Å². The number of nitrogens with one attached hydrogen (secondary N) is 1. The zero-order chi connectivity index (χ0) is 9.94. The minimum Gasteiger partial charge on any atom is -0.383 e. The molecular weight excluding hydrogens is 168 g/mol. The first-order valence-corrected chi connectivity index (χ1v) is 4.70. The fraction of sp³-hybridized carbons (Fsp3) is 1.00. The van der Waals surface area contributed by atoms with E-state index in [-0.39, 0.29) is 0 Å². The number of hydrogen-bond acceptors (Lipinski definition) is 4. The molecule has 0 unspecified atom stereocenters. The smallest absolute Gasteiger partial charge is 0.0589 e. The molecule has 0 atom stereocenters. The molecule has 0 spiro atoms. The zero-order valence-electron chi connectivity index (χ0n) is 9.01. The first kappa shape index (κ1) is 12.8. The third-order valence-corrected chi connectivity index (χ3v) is 1.90. The van der Waals surface area contributed by atoms with E-state index in [9.17, 15) is 0 Å². The molecule has 0 rings (SSSR count). The molecule has 4 nitrogen and oxygen atoms in total. The molecular formula is C9H22N2O2. The van der Waals surface area contributed by atoms with E-state index in [1.807, 2.05) is 7.05 Å². The summed E-state index contributed by atoms with van der Waals surface area (Å²) in [4.78, 5) is 2.32. The Bertz CT molecular complexity index is 82.6. The van der Waals surface area contributed by atoms with Gasteiger partial charge in [0.05, 0.1) is 13.2 Å². The van der Waals surface area contributed by atoms with Gasteiger partial charge < -0.3 is 14.8 Å². The lowest BCUT2D eigenvalue weighted by Crippen LogP contribution is -2.35. The van der Waals surface area contributed by atoms with E-state index in [4.69, 9.17) is 9.47 Å². The first-order valence-electron chi connectivity index (χ1n) is 4.70. The predicted octanol–water partition coefficient (Wildman–Crippen LogP) is -0.199. The Hall–Kier alpha value is -0.160. The molecule has 0 saturated heterocycles. The molecule has 0 aromatic carbocycles. The maximum absolute atomic E-state index is 5.03. The van der Waals surface area contributed by atoms with E-state index >= 15 is 0 Å². The van der Waals surface area contributed by atoms with Crippen molar-refractivity contribution in [2.24, 2.45) is 0 Å². The number of likely N-dealkylation sites (N-methyl/N-ethyl adjacent to an activating group) is 1. The predicted molar refractivity (Wildman–Crippen MR) is 54.1 cm³/mol. The van der Waals surface area contributed by atoms with Crippen LogP contribution in [0.2, 0.25) is 0 Å². The van der Waals surface area contributed by atoms with Crippen molar-refractivity contribution in [1.82, 2.24) is 10.2 Å². The topological polar surface area (TPSA) is 33.7 Å². The van der Waals surface area contributed by atoms with Gasteiger partial charge in [-0.25, -0.2) is 0 Å². The largest absolute Gasteiger partial charge is 0.383 e. The molecule has 0 aromatic rings. The number of hydrogen-bond donors (Lipinski definition) is 1. The van der Waals surface area contributed by atoms with Crippen molar-refractivity contribution in [2.45, 2.75) is 0 Å². The summed E-state index contributed by atoms with van der Waals surface area (Å²) < 4.78 is 10.1. The first-order chi connectivity index (χ1) is 6.35. The van der Waals surface area contributed by atoms with Crippen molar-refractivity contribution in [2.75, 3.05) is 60.7 Å². The lowest BCUT2D eigenvalue weighted by molar-refractivity contribution is 0.115. The van der Waals surface area contributed by atoms with Crippen LogP contribution in [0, 0.1) is 0 Å². The summed E-state index contributed by atoms with van der Waals surface area (Å²) >= 11 is 0. The normalized spacial score (nSPS) is 11.1. The molecule has 0 heterocycles. The van der Waals surface area contributed by atoms with Crippen LogP contribution in [0.15, 0.2) is 0 Å². The third kappa shape index (κ3) is 8.18. The number of rotatable bonds is 9. The van der Waals surface area contributed by atoms with Gasteiger partial charge in [0, 0.05) is 40.4 Å². The Labute approximate surface area is 81.2 Å². The molecule has 0 aromatic heterocycles. The molecule has 0 saturated carbocycles. The molecule has 0 amide bonds. The van der Waals surface area contributed by atoms with Gasteiger partial charge in [0.2, 0.25) is 0 Å². The van der Waals surface area contributed by atoms with E-state index in [2.05, 4.69) is 10.2 Å². The van der Waals surface area contributed by atoms with Gasteiger partial charge in [0.1, 0.15) is 0 Å². The summed E-state index contributed by atoms with van der Waals surface area (Å²) in [5.74, 6) is 0. The Morgan fingerprint density at radius 2 is 1.54 bits per heavy atom. The van der Waals surface area contributed by atoms with Gasteiger partial charge in [0.15, 0.2) is 0 Å². The lowest BCUT2D eigenvalue weighted by Gasteiger charge is -2.21. The molecule has 0 aliphatic heterocycles. The second-order valence-electron chi connectivity index (χ2n) is 2.93. The quantitative estimate of drug-likeness (QED) is 0.546. The average molecular weight is 190 g/mol. The number of ether oxygens (including phenoxy) is 2. The summed E-state index contributed by atoms with van der Waals surface area (Å²) in [7, 11) is 5.42. The van der Waals surface area contributed by atoms with Crippen molar-refractivity contribution in [3.63, 3.8) is 0 Å². The molecule has 80 valence electrons. The standard InChI is InChI=1S/C9H22N2O2/c1-10-4-5-11(6-8-12-2)7-9-13-3/h10H,4-9H2,1-3H3. The highest BCUT2D eigenvalue weighted by Gasteiger charge is 2.02. The van der Waals surface area contributed by atoms with E-state index in [0.29, 0.717) is 0 Å². The minimum atomic E-state index is 0.785. The van der Waals surface area contributed by atoms with E-state index in [1.54, 1.807) is 14.2 Å². The minimum absolute atomic E-state index is 0.785. The van der Waals surface area contributed by atoms with Gasteiger partial charge >= 0.3 is 0 Å². The van der Waals surface area contributed by atoms with Crippen molar-refractivity contribution < 1.29 is 9.47 Å². The molecule has 0 radical (unpaired) electrons. The van der Waals surface area contributed by atoms with Crippen LogP contribution in [0.1, 0.15) is 0 Å². The Balaban J connectivity index is 3.47. The molecule has 4 heteroatoms. The van der Waals surface area contributed by atoms with Crippen molar-refractivity contribution in [1.29, 1.82) is 0 Å². The van der Waals surface area contributed by atoms with Gasteiger partial charge in [-0.15, -0.1) is 0 Å². The van der Waals surface area contributed by atoms with Crippen LogP contribution in [-0.4, -0.2) is 65.6 Å². The molecule has 1 N–H and O–H groups in total. The van der Waals surface area contributed by atoms with Crippen LogP contribution in [0.4, 0.5) is 0 Å². The van der Waals surface area contributed by atoms with Crippen LogP contribution in [-0.2, 0) is 9.47 Å². The van der Waals surface area contributed by atoms with Crippen molar-refractivity contribution in [3.05, 3.63) is 0 Å². The van der Waals surface area contributed by atoms with Gasteiger partial charge in [-0.1, -0.05) is 0 Å². The second-order valence-corrected chi connectivity index (χ2v) is 2.93. The van der Waals surface area contributed by atoms with Gasteiger partial charge in [0.25, 0.3) is 0 Å². The molecule has 0 aliphatic rings. The summed E-state index contributed by atoms with van der Waals surface area (Å²) in [5, 5.41) is 3.13. The monoisotopic (exact) mass is 190 g/mol.